The van der Waals surface area contributed by atoms with Crippen LogP contribution in [0.5, 0.6) is 0 Å². The Bertz CT molecular complexity index is 975. The van der Waals surface area contributed by atoms with Crippen LogP contribution in [0.3, 0.4) is 0 Å². The summed E-state index contributed by atoms with van der Waals surface area (Å²) in [6.45, 7) is 7.16. The van der Waals surface area contributed by atoms with Gasteiger partial charge < -0.3 is 10.0 Å². The average Bonchev–Trinajstić information content (AvgIpc) is 2.74. The average molecular weight is 512 g/mol. The molecule has 3 rings (SSSR count). The fourth-order valence-electron chi connectivity index (χ4n) is 4.17. The Morgan fingerprint density at radius 3 is 2.03 bits per heavy atom. The van der Waals surface area contributed by atoms with E-state index in [0.717, 1.165) is 25.2 Å². The minimum Gasteiger partial charge on any atom is -0.475 e. The number of hydrogen-bond acceptors (Lipinski definition) is 5. The third-order valence-electron chi connectivity index (χ3n) is 5.88. The van der Waals surface area contributed by atoms with Crippen molar-refractivity contribution in [2.45, 2.75) is 43.3 Å². The highest BCUT2D eigenvalue weighted by Crippen LogP contribution is 2.35. The fraction of sp³-hybridized carbons (Fsp3) is 0.619. The summed E-state index contributed by atoms with van der Waals surface area (Å²) in [4.78, 5) is 26.0. The first-order chi connectivity index (χ1) is 15.6. The maximum absolute atomic E-state index is 13.1. The minimum atomic E-state index is -5.08. The highest BCUT2D eigenvalue weighted by Gasteiger charge is 2.51. The molecule has 0 atom stereocenters. The number of piperazine rings is 1. The number of sulfonamides is 1. The number of carboxylic acid groups (broad SMARTS) is 1. The van der Waals surface area contributed by atoms with E-state index in [4.69, 9.17) is 9.90 Å². The van der Waals surface area contributed by atoms with E-state index in [1.54, 1.807) is 4.90 Å². The number of likely N-dealkylation sites (N-methyl/N-ethyl adjacent to an activating group) is 1. The van der Waals surface area contributed by atoms with Crippen LogP contribution in [-0.2, 0) is 19.6 Å². The van der Waals surface area contributed by atoms with E-state index in [9.17, 15) is 30.8 Å². The number of piperidine rings is 1. The Labute approximate surface area is 196 Å². The van der Waals surface area contributed by atoms with Crippen molar-refractivity contribution in [2.24, 2.45) is 5.92 Å². The van der Waals surface area contributed by atoms with Crippen molar-refractivity contribution in [3.8, 4) is 0 Å². The van der Waals surface area contributed by atoms with Gasteiger partial charge in [-0.05, 0) is 43.0 Å². The summed E-state index contributed by atoms with van der Waals surface area (Å²) in [7, 11) is -1.86. The molecule has 0 bridgehead atoms. The number of amides is 1. The number of halogens is 4. The van der Waals surface area contributed by atoms with Crippen molar-refractivity contribution in [3.63, 3.8) is 0 Å². The standard InChI is InChI=1S/C19H28FN3O3S.C2HF3O2/c1-15(2)14-22-13-12-21(3)18(24)19(22)8-10-23(11-9-19)27(25,26)17-6-4-16(20)5-7-17;3-2(4,5)1(6)7/h4-7,15H,8-14H2,1-3H3;(H,6,7). The number of hydrogen-bond donors (Lipinski definition) is 1. The number of rotatable bonds is 4. The number of carboxylic acids is 1. The van der Waals surface area contributed by atoms with Gasteiger partial charge in [0, 0.05) is 39.8 Å². The van der Waals surface area contributed by atoms with Crippen molar-refractivity contribution < 1.29 is 40.7 Å². The maximum Gasteiger partial charge on any atom is 0.490 e. The summed E-state index contributed by atoms with van der Waals surface area (Å²) in [5.41, 5.74) is -0.619. The molecule has 0 aromatic heterocycles. The highest BCUT2D eigenvalue weighted by atomic mass is 32.2. The number of benzene rings is 1. The first-order valence-corrected chi connectivity index (χ1v) is 12.1. The predicted octanol–water partition coefficient (Wildman–Crippen LogP) is 2.41. The second-order valence-corrected chi connectivity index (χ2v) is 10.7. The molecule has 34 heavy (non-hydrogen) atoms. The van der Waals surface area contributed by atoms with Gasteiger partial charge in [-0.2, -0.15) is 17.5 Å². The molecule has 1 N–H and O–H groups in total. The molecule has 0 radical (unpaired) electrons. The zero-order chi connectivity index (χ0) is 25.9. The molecule has 1 aromatic rings. The van der Waals surface area contributed by atoms with Crippen LogP contribution >= 0.6 is 0 Å². The van der Waals surface area contributed by atoms with Crippen LogP contribution < -0.4 is 0 Å². The van der Waals surface area contributed by atoms with Gasteiger partial charge in [0.2, 0.25) is 15.9 Å². The van der Waals surface area contributed by atoms with Crippen molar-refractivity contribution in [2.75, 3.05) is 39.8 Å². The SMILES string of the molecule is CC(C)CN1CCN(C)C(=O)C12CCN(S(=O)(=O)c1ccc(F)cc1)CC2.O=C(O)C(F)(F)F. The van der Waals surface area contributed by atoms with Gasteiger partial charge in [0.1, 0.15) is 11.4 Å². The molecule has 192 valence electrons. The third kappa shape index (κ3) is 6.25. The summed E-state index contributed by atoms with van der Waals surface area (Å²) >= 11 is 0. The molecular weight excluding hydrogens is 482 g/mol. The number of alkyl halides is 3. The summed E-state index contributed by atoms with van der Waals surface area (Å²) < 4.78 is 72.0. The maximum atomic E-state index is 13.1. The van der Waals surface area contributed by atoms with E-state index in [-0.39, 0.29) is 23.9 Å². The van der Waals surface area contributed by atoms with Gasteiger partial charge in [-0.25, -0.2) is 17.6 Å². The lowest BCUT2D eigenvalue weighted by molar-refractivity contribution is -0.192. The molecule has 2 aliphatic rings. The van der Waals surface area contributed by atoms with Crippen molar-refractivity contribution in [1.29, 1.82) is 0 Å². The van der Waals surface area contributed by atoms with Crippen LogP contribution in [0.4, 0.5) is 17.6 Å². The molecule has 0 saturated carbocycles. The normalized spacial score (nSPS) is 19.8. The molecular formula is C21H29F4N3O5S. The van der Waals surface area contributed by atoms with Gasteiger partial charge in [0.15, 0.2) is 0 Å². The smallest absolute Gasteiger partial charge is 0.475 e. The van der Waals surface area contributed by atoms with Crippen LogP contribution in [-0.4, -0.2) is 91.0 Å². The van der Waals surface area contributed by atoms with Gasteiger partial charge >= 0.3 is 12.1 Å². The Balaban J connectivity index is 0.000000509. The summed E-state index contributed by atoms with van der Waals surface area (Å²) in [5.74, 6) is -2.70. The second-order valence-electron chi connectivity index (χ2n) is 8.76. The van der Waals surface area contributed by atoms with Gasteiger partial charge in [-0.1, -0.05) is 13.8 Å². The van der Waals surface area contributed by atoms with Crippen LogP contribution in [0.1, 0.15) is 26.7 Å². The Morgan fingerprint density at radius 1 is 1.09 bits per heavy atom. The summed E-state index contributed by atoms with van der Waals surface area (Å²) in [6, 6.07) is 4.89. The van der Waals surface area contributed by atoms with Gasteiger partial charge in [0.25, 0.3) is 0 Å². The van der Waals surface area contributed by atoms with Crippen LogP contribution in [0.2, 0.25) is 0 Å². The molecule has 2 aliphatic heterocycles. The quantitative estimate of drug-likeness (QED) is 0.624. The number of nitrogens with zero attached hydrogens (tertiary/aromatic N) is 3. The Kier molecular flexibility index (Phi) is 8.70. The van der Waals surface area contributed by atoms with Gasteiger partial charge in [0.05, 0.1) is 4.90 Å². The van der Waals surface area contributed by atoms with Crippen molar-refractivity contribution in [1.82, 2.24) is 14.1 Å². The van der Waals surface area contributed by atoms with E-state index < -0.39 is 33.5 Å². The van der Waals surface area contributed by atoms with E-state index in [0.29, 0.717) is 25.3 Å². The lowest BCUT2D eigenvalue weighted by atomic mass is 9.82. The summed E-state index contributed by atoms with van der Waals surface area (Å²) in [5, 5.41) is 7.12. The predicted molar refractivity (Wildman–Crippen MR) is 115 cm³/mol. The van der Waals surface area contributed by atoms with Crippen LogP contribution in [0.25, 0.3) is 0 Å². The fourth-order valence-corrected chi connectivity index (χ4v) is 5.61. The van der Waals surface area contributed by atoms with Crippen molar-refractivity contribution >= 4 is 21.9 Å². The molecule has 13 heteroatoms. The van der Waals surface area contributed by atoms with E-state index >= 15 is 0 Å². The molecule has 2 saturated heterocycles. The molecule has 1 amide bonds. The second kappa shape index (κ2) is 10.6. The zero-order valence-electron chi connectivity index (χ0n) is 19.2. The number of carbonyl (C=O) groups is 2. The molecule has 2 heterocycles. The van der Waals surface area contributed by atoms with Gasteiger partial charge in [-0.15, -0.1) is 0 Å². The van der Waals surface area contributed by atoms with Crippen LogP contribution in [0.15, 0.2) is 29.2 Å². The third-order valence-corrected chi connectivity index (χ3v) is 7.80. The van der Waals surface area contributed by atoms with Crippen LogP contribution in [0, 0.1) is 11.7 Å². The minimum absolute atomic E-state index is 0.0889. The first kappa shape index (κ1) is 28.0. The Hall–Kier alpha value is -2.25. The molecule has 0 aliphatic carbocycles. The molecule has 8 nitrogen and oxygen atoms in total. The van der Waals surface area contributed by atoms with Gasteiger partial charge in [-0.3, -0.25) is 9.69 Å². The monoisotopic (exact) mass is 511 g/mol. The zero-order valence-corrected chi connectivity index (χ0v) is 20.0. The molecule has 1 spiro atoms. The molecule has 0 unspecified atom stereocenters. The van der Waals surface area contributed by atoms with Crippen molar-refractivity contribution in [3.05, 3.63) is 30.1 Å². The van der Waals surface area contributed by atoms with E-state index in [1.165, 1.54) is 16.4 Å². The van der Waals surface area contributed by atoms with E-state index in [1.807, 2.05) is 7.05 Å². The number of aliphatic carboxylic acids is 1. The highest BCUT2D eigenvalue weighted by molar-refractivity contribution is 7.89. The lowest BCUT2D eigenvalue weighted by Crippen LogP contribution is -2.68. The largest absolute Gasteiger partial charge is 0.490 e. The Morgan fingerprint density at radius 2 is 1.59 bits per heavy atom. The summed E-state index contributed by atoms with van der Waals surface area (Å²) in [6.07, 6.45) is -4.13. The van der Waals surface area contributed by atoms with E-state index in [2.05, 4.69) is 18.7 Å². The first-order valence-electron chi connectivity index (χ1n) is 10.7. The topological polar surface area (TPSA) is 98.2 Å². The molecule has 1 aromatic carbocycles. The number of carbonyl (C=O) groups excluding carboxylic acids is 1. The molecule has 2 fully saturated rings. The lowest BCUT2D eigenvalue weighted by Gasteiger charge is -2.52.